The van der Waals surface area contributed by atoms with E-state index in [0.717, 1.165) is 0 Å². The third kappa shape index (κ3) is 5.26. The van der Waals surface area contributed by atoms with Gasteiger partial charge in [0.2, 0.25) is 0 Å². The summed E-state index contributed by atoms with van der Waals surface area (Å²) in [4.78, 5) is 1.80. The van der Waals surface area contributed by atoms with E-state index in [1.807, 2.05) is 0 Å². The highest BCUT2D eigenvalue weighted by Gasteiger charge is 2.13. The van der Waals surface area contributed by atoms with E-state index in [2.05, 4.69) is 0 Å². The Morgan fingerprint density at radius 3 is 2.58 bits per heavy atom. The second kappa shape index (κ2) is 6.45. The van der Waals surface area contributed by atoms with Gasteiger partial charge in [-0.2, -0.15) is 0 Å². The van der Waals surface area contributed by atoms with Crippen LogP contribution in [0.3, 0.4) is 0 Å². The highest BCUT2D eigenvalue weighted by Crippen LogP contribution is 2.33. The maximum Gasteiger partial charge on any atom is 0.162 e. The molecule has 1 aromatic rings. The summed E-state index contributed by atoms with van der Waals surface area (Å²) in [5.41, 5.74) is 0.598. The van der Waals surface area contributed by atoms with Gasteiger partial charge in [0.1, 0.15) is 9.84 Å². The van der Waals surface area contributed by atoms with Gasteiger partial charge in [-0.05, 0) is 13.1 Å². The number of sulfone groups is 1. The minimum absolute atomic E-state index is 0.0260. The molecule has 0 aliphatic carbocycles. The molecule has 0 bridgehead atoms. The summed E-state index contributed by atoms with van der Waals surface area (Å²) in [6, 6.07) is 3.16. The van der Waals surface area contributed by atoms with Gasteiger partial charge in [0.15, 0.2) is 11.5 Å². The number of hydrogen-bond donors (Lipinski definition) is 1. The van der Waals surface area contributed by atoms with Gasteiger partial charge in [0.05, 0.1) is 12.9 Å². The molecule has 1 aromatic carbocycles. The number of benzene rings is 1. The third-order valence-corrected chi connectivity index (χ3v) is 3.77. The topological polar surface area (TPSA) is 66.8 Å². The van der Waals surface area contributed by atoms with Crippen molar-refractivity contribution in [3.05, 3.63) is 22.7 Å². The van der Waals surface area contributed by atoms with Crippen molar-refractivity contribution >= 4 is 21.4 Å². The molecule has 0 aromatic heterocycles. The van der Waals surface area contributed by atoms with Crippen LogP contribution in [0.2, 0.25) is 5.02 Å². The van der Waals surface area contributed by atoms with E-state index < -0.39 is 9.84 Å². The van der Waals surface area contributed by atoms with E-state index in [1.165, 1.54) is 19.4 Å². The van der Waals surface area contributed by atoms with E-state index in [1.54, 1.807) is 18.0 Å². The molecule has 1 N–H and O–H groups in total. The summed E-state index contributed by atoms with van der Waals surface area (Å²) in [6.45, 7) is 0.769. The van der Waals surface area contributed by atoms with Gasteiger partial charge in [0.25, 0.3) is 0 Å². The molecule has 0 saturated heterocycles. The zero-order valence-corrected chi connectivity index (χ0v) is 12.8. The number of halogens is 1. The fourth-order valence-corrected chi connectivity index (χ4v) is 2.47. The Balaban J connectivity index is 2.79. The highest BCUT2D eigenvalue weighted by molar-refractivity contribution is 7.90. The van der Waals surface area contributed by atoms with Gasteiger partial charge in [-0.1, -0.05) is 11.6 Å². The van der Waals surface area contributed by atoms with Crippen molar-refractivity contribution in [3.63, 3.8) is 0 Å². The van der Waals surface area contributed by atoms with Crippen LogP contribution >= 0.6 is 11.6 Å². The molecular formula is C12H18ClNO4S. The lowest BCUT2D eigenvalue weighted by Crippen LogP contribution is -2.25. The summed E-state index contributed by atoms with van der Waals surface area (Å²) in [5.74, 6) is 0.402. The van der Waals surface area contributed by atoms with Crippen LogP contribution in [0.5, 0.6) is 11.5 Å². The van der Waals surface area contributed by atoms with E-state index in [9.17, 15) is 13.5 Å². The Kier molecular flexibility index (Phi) is 5.46. The standard InChI is InChI=1S/C12H18ClNO4S/c1-14(4-5-19(3,16)17)8-9-6-10(13)7-11(18-2)12(9)15/h6-7,15H,4-5,8H2,1-3H3. The van der Waals surface area contributed by atoms with Crippen molar-refractivity contribution < 1.29 is 18.3 Å². The highest BCUT2D eigenvalue weighted by atomic mass is 35.5. The fourth-order valence-electron chi connectivity index (χ4n) is 1.60. The van der Waals surface area contributed by atoms with Gasteiger partial charge < -0.3 is 14.7 Å². The van der Waals surface area contributed by atoms with Crippen molar-refractivity contribution in [1.82, 2.24) is 4.90 Å². The Bertz CT molecular complexity index is 545. The molecule has 7 heteroatoms. The molecule has 0 atom stereocenters. The van der Waals surface area contributed by atoms with E-state index in [0.29, 0.717) is 29.4 Å². The number of phenols is 1. The molecule has 0 heterocycles. The fraction of sp³-hybridized carbons (Fsp3) is 0.500. The largest absolute Gasteiger partial charge is 0.504 e. The first-order chi connectivity index (χ1) is 8.73. The molecule has 0 amide bonds. The van der Waals surface area contributed by atoms with Gasteiger partial charge in [0, 0.05) is 36.0 Å². The lowest BCUT2D eigenvalue weighted by molar-refractivity contribution is 0.329. The van der Waals surface area contributed by atoms with Gasteiger partial charge in [-0.25, -0.2) is 8.42 Å². The van der Waals surface area contributed by atoms with Crippen molar-refractivity contribution in [2.75, 3.05) is 32.7 Å². The van der Waals surface area contributed by atoms with Crippen molar-refractivity contribution in [1.29, 1.82) is 0 Å². The molecule has 0 spiro atoms. The molecule has 0 radical (unpaired) electrons. The Labute approximate surface area is 118 Å². The number of ether oxygens (including phenoxy) is 1. The first-order valence-corrected chi connectivity index (χ1v) is 8.08. The molecular weight excluding hydrogens is 290 g/mol. The smallest absolute Gasteiger partial charge is 0.162 e. The summed E-state index contributed by atoms with van der Waals surface area (Å²) < 4.78 is 27.2. The molecule has 1 rings (SSSR count). The summed E-state index contributed by atoms with van der Waals surface area (Å²) in [5, 5.41) is 10.4. The molecule has 0 aliphatic rings. The predicted octanol–water partition coefficient (Wildman–Crippen LogP) is 1.53. The minimum Gasteiger partial charge on any atom is -0.504 e. The third-order valence-electron chi connectivity index (χ3n) is 2.62. The molecule has 19 heavy (non-hydrogen) atoms. The van der Waals surface area contributed by atoms with Crippen LogP contribution in [0.1, 0.15) is 5.56 Å². The van der Waals surface area contributed by atoms with E-state index in [4.69, 9.17) is 16.3 Å². The van der Waals surface area contributed by atoms with Crippen LogP contribution in [0, 0.1) is 0 Å². The van der Waals surface area contributed by atoms with Gasteiger partial charge in [-0.15, -0.1) is 0 Å². The maximum atomic E-state index is 11.1. The van der Waals surface area contributed by atoms with Crippen molar-refractivity contribution in [2.45, 2.75) is 6.54 Å². The Morgan fingerprint density at radius 2 is 2.05 bits per heavy atom. The minimum atomic E-state index is -3.00. The molecule has 0 aliphatic heterocycles. The molecule has 5 nitrogen and oxygen atoms in total. The first kappa shape index (κ1) is 16.1. The van der Waals surface area contributed by atoms with Crippen LogP contribution in [0.15, 0.2) is 12.1 Å². The average Bonchev–Trinajstić information content (AvgIpc) is 2.30. The zero-order valence-electron chi connectivity index (χ0n) is 11.2. The maximum absolute atomic E-state index is 11.1. The van der Waals surface area contributed by atoms with Crippen molar-refractivity contribution in [3.8, 4) is 11.5 Å². The number of methoxy groups -OCH3 is 1. The number of aromatic hydroxyl groups is 1. The Hall–Kier alpha value is -0.980. The quantitative estimate of drug-likeness (QED) is 0.863. The summed E-state index contributed by atoms with van der Waals surface area (Å²) in [7, 11) is 0.225. The van der Waals surface area contributed by atoms with E-state index >= 15 is 0 Å². The number of rotatable bonds is 6. The Morgan fingerprint density at radius 1 is 1.42 bits per heavy atom. The molecule has 0 unspecified atom stereocenters. The molecule has 108 valence electrons. The van der Waals surface area contributed by atoms with Gasteiger partial charge in [-0.3, -0.25) is 0 Å². The second-order valence-electron chi connectivity index (χ2n) is 4.48. The normalized spacial score (nSPS) is 11.8. The number of hydrogen-bond acceptors (Lipinski definition) is 5. The zero-order chi connectivity index (χ0) is 14.6. The SMILES string of the molecule is COc1cc(Cl)cc(CN(C)CCS(C)(=O)=O)c1O. The van der Waals surface area contributed by atoms with E-state index in [-0.39, 0.29) is 11.5 Å². The molecule has 0 fully saturated rings. The summed E-state index contributed by atoms with van der Waals surface area (Å²) in [6.07, 6.45) is 1.20. The predicted molar refractivity (Wildman–Crippen MR) is 75.7 cm³/mol. The van der Waals surface area contributed by atoms with Crippen LogP contribution in [0.4, 0.5) is 0 Å². The van der Waals surface area contributed by atoms with Crippen LogP contribution in [-0.2, 0) is 16.4 Å². The van der Waals surface area contributed by atoms with Crippen molar-refractivity contribution in [2.24, 2.45) is 0 Å². The monoisotopic (exact) mass is 307 g/mol. The van der Waals surface area contributed by atoms with Crippen LogP contribution in [-0.4, -0.2) is 51.1 Å². The van der Waals surface area contributed by atoms with Gasteiger partial charge >= 0.3 is 0 Å². The first-order valence-electron chi connectivity index (χ1n) is 5.64. The second-order valence-corrected chi connectivity index (χ2v) is 7.18. The van der Waals surface area contributed by atoms with Crippen LogP contribution in [0.25, 0.3) is 0 Å². The van der Waals surface area contributed by atoms with Crippen LogP contribution < -0.4 is 4.74 Å². The lowest BCUT2D eigenvalue weighted by Gasteiger charge is -2.18. The molecule has 0 saturated carbocycles. The number of nitrogens with zero attached hydrogens (tertiary/aromatic N) is 1. The summed E-state index contributed by atoms with van der Waals surface area (Å²) >= 11 is 5.93. The number of phenolic OH excluding ortho intramolecular Hbond substituents is 1. The lowest BCUT2D eigenvalue weighted by atomic mass is 10.1. The average molecular weight is 308 g/mol.